The summed E-state index contributed by atoms with van der Waals surface area (Å²) in [6.45, 7) is 10.6. The lowest BCUT2D eigenvalue weighted by molar-refractivity contribution is 0.0916. The molecule has 2 aromatic heterocycles. The molecule has 0 unspecified atom stereocenters. The summed E-state index contributed by atoms with van der Waals surface area (Å²) >= 11 is 0. The maximum atomic E-state index is 12.1. The van der Waals surface area contributed by atoms with Gasteiger partial charge in [-0.05, 0) is 30.9 Å². The number of ether oxygens (including phenoxy) is 1. The van der Waals surface area contributed by atoms with E-state index in [1.54, 1.807) is 0 Å². The predicted octanol–water partition coefficient (Wildman–Crippen LogP) is 2.85. The number of nitrogens with zero attached hydrogens (tertiary/aromatic N) is 3. The van der Waals surface area contributed by atoms with Crippen LogP contribution in [-0.2, 0) is 12.0 Å². The van der Waals surface area contributed by atoms with Crippen LogP contribution in [-0.4, -0.2) is 32.0 Å². The summed E-state index contributed by atoms with van der Waals surface area (Å²) in [4.78, 5) is 12.1. The third-order valence-corrected chi connectivity index (χ3v) is 4.58. The highest BCUT2D eigenvalue weighted by atomic mass is 16.5. The Morgan fingerprint density at radius 1 is 1.19 bits per heavy atom. The lowest BCUT2D eigenvalue weighted by Crippen LogP contribution is -2.28. The van der Waals surface area contributed by atoms with Crippen LogP contribution in [0.5, 0.6) is 5.75 Å². The van der Waals surface area contributed by atoms with Crippen molar-refractivity contribution in [3.8, 4) is 5.75 Å². The number of aryl methyl sites for hydroxylation is 2. The molecule has 0 bridgehead atoms. The minimum Gasteiger partial charge on any atom is -0.491 e. The SMILES string of the molecule is Cc1cc2n(C[C@@H](O)COc3ccccc3C(C)(C)C)c(C)cc(=O)n2n1. The number of aliphatic hydroxyl groups excluding tert-OH is 1. The molecule has 0 saturated heterocycles. The minimum atomic E-state index is -0.724. The van der Waals surface area contributed by atoms with Crippen molar-refractivity contribution in [2.45, 2.75) is 52.7 Å². The van der Waals surface area contributed by atoms with Crippen LogP contribution >= 0.6 is 0 Å². The number of aromatic nitrogens is 3. The monoisotopic (exact) mass is 369 g/mol. The second-order valence-electron chi connectivity index (χ2n) is 8.00. The molecule has 0 aliphatic heterocycles. The van der Waals surface area contributed by atoms with Crippen LogP contribution in [0.3, 0.4) is 0 Å². The van der Waals surface area contributed by atoms with Gasteiger partial charge in [0.1, 0.15) is 24.1 Å². The van der Waals surface area contributed by atoms with Crippen LogP contribution in [0.1, 0.15) is 37.7 Å². The summed E-state index contributed by atoms with van der Waals surface area (Å²) in [6.07, 6.45) is -0.724. The van der Waals surface area contributed by atoms with Gasteiger partial charge in [0.2, 0.25) is 0 Å². The normalized spacial score (nSPS) is 13.1. The molecule has 0 spiro atoms. The molecule has 1 N–H and O–H groups in total. The number of benzene rings is 1. The third kappa shape index (κ3) is 4.06. The first-order valence-electron chi connectivity index (χ1n) is 9.14. The zero-order chi connectivity index (χ0) is 19.8. The fourth-order valence-electron chi connectivity index (χ4n) is 3.24. The van der Waals surface area contributed by atoms with E-state index in [0.717, 1.165) is 22.7 Å². The first-order valence-corrected chi connectivity index (χ1v) is 9.14. The Morgan fingerprint density at radius 3 is 2.59 bits per heavy atom. The maximum absolute atomic E-state index is 12.1. The minimum absolute atomic E-state index is 0.0435. The van der Waals surface area contributed by atoms with Gasteiger partial charge >= 0.3 is 0 Å². The quantitative estimate of drug-likeness (QED) is 0.751. The van der Waals surface area contributed by atoms with Crippen molar-refractivity contribution in [1.29, 1.82) is 0 Å². The summed E-state index contributed by atoms with van der Waals surface area (Å²) in [5, 5.41) is 14.8. The summed E-state index contributed by atoms with van der Waals surface area (Å²) in [5.74, 6) is 0.783. The van der Waals surface area contributed by atoms with E-state index in [1.165, 1.54) is 10.6 Å². The summed E-state index contributed by atoms with van der Waals surface area (Å²) in [6, 6.07) is 11.3. The molecule has 0 aliphatic carbocycles. The number of para-hydroxylation sites is 1. The number of rotatable bonds is 5. The summed E-state index contributed by atoms with van der Waals surface area (Å²) in [5.41, 5.74) is 3.10. The molecule has 0 aliphatic rings. The fraction of sp³-hybridized carbons (Fsp3) is 0.429. The molecule has 3 rings (SSSR count). The smallest absolute Gasteiger partial charge is 0.274 e. The number of aliphatic hydroxyl groups is 1. The van der Waals surface area contributed by atoms with Gasteiger partial charge in [-0.15, -0.1) is 0 Å². The van der Waals surface area contributed by atoms with Gasteiger partial charge in [-0.2, -0.15) is 9.61 Å². The van der Waals surface area contributed by atoms with E-state index in [0.29, 0.717) is 12.2 Å². The topological polar surface area (TPSA) is 68.8 Å². The lowest BCUT2D eigenvalue weighted by Gasteiger charge is -2.24. The molecule has 3 aromatic rings. The first-order chi connectivity index (χ1) is 12.7. The third-order valence-electron chi connectivity index (χ3n) is 4.58. The van der Waals surface area contributed by atoms with Gasteiger partial charge in [-0.3, -0.25) is 4.79 Å². The average molecular weight is 369 g/mol. The molecule has 0 saturated carbocycles. The Kier molecular flexibility index (Phi) is 5.11. The Labute approximate surface area is 159 Å². The second-order valence-corrected chi connectivity index (χ2v) is 8.00. The van der Waals surface area contributed by atoms with E-state index >= 15 is 0 Å². The highest BCUT2D eigenvalue weighted by molar-refractivity contribution is 5.42. The highest BCUT2D eigenvalue weighted by Gasteiger charge is 2.19. The average Bonchev–Trinajstić information content (AvgIpc) is 2.98. The van der Waals surface area contributed by atoms with Crippen LogP contribution in [0.15, 0.2) is 41.2 Å². The number of hydrogen-bond donors (Lipinski definition) is 1. The van der Waals surface area contributed by atoms with Crippen LogP contribution in [0.25, 0.3) is 5.65 Å². The van der Waals surface area contributed by atoms with E-state index in [-0.39, 0.29) is 17.6 Å². The molecule has 27 heavy (non-hydrogen) atoms. The largest absolute Gasteiger partial charge is 0.491 e. The zero-order valence-electron chi connectivity index (χ0n) is 16.6. The summed E-state index contributed by atoms with van der Waals surface area (Å²) in [7, 11) is 0. The van der Waals surface area contributed by atoms with Crippen molar-refractivity contribution >= 4 is 5.65 Å². The molecule has 6 nitrogen and oxygen atoms in total. The van der Waals surface area contributed by atoms with E-state index in [2.05, 4.69) is 25.9 Å². The molecule has 1 atom stereocenters. The van der Waals surface area contributed by atoms with Crippen molar-refractivity contribution < 1.29 is 9.84 Å². The fourth-order valence-corrected chi connectivity index (χ4v) is 3.24. The Bertz CT molecular complexity index is 1010. The van der Waals surface area contributed by atoms with E-state index in [4.69, 9.17) is 4.74 Å². The Morgan fingerprint density at radius 2 is 1.89 bits per heavy atom. The Hall–Kier alpha value is -2.60. The van der Waals surface area contributed by atoms with E-state index in [9.17, 15) is 9.90 Å². The first kappa shape index (κ1) is 19.2. The molecule has 0 fully saturated rings. The van der Waals surface area contributed by atoms with Gasteiger partial charge in [0.15, 0.2) is 0 Å². The molecule has 144 valence electrons. The van der Waals surface area contributed by atoms with Gasteiger partial charge in [0, 0.05) is 17.8 Å². The molecular formula is C21H27N3O3. The van der Waals surface area contributed by atoms with Gasteiger partial charge < -0.3 is 14.4 Å². The zero-order valence-corrected chi connectivity index (χ0v) is 16.6. The lowest BCUT2D eigenvalue weighted by atomic mass is 9.86. The van der Waals surface area contributed by atoms with Gasteiger partial charge in [0.05, 0.1) is 12.2 Å². The molecule has 2 heterocycles. The molecule has 1 aromatic carbocycles. The van der Waals surface area contributed by atoms with Crippen molar-refractivity contribution in [1.82, 2.24) is 14.2 Å². The standard InChI is InChI=1S/C21H27N3O3/c1-14-10-19-23(15(2)11-20(26)24(19)22-14)12-16(25)13-27-18-9-7-6-8-17(18)21(3,4)5/h6-11,16,25H,12-13H2,1-5H3/t16-/m1/s1. The van der Waals surface area contributed by atoms with E-state index in [1.807, 2.05) is 48.7 Å². The highest BCUT2D eigenvalue weighted by Crippen LogP contribution is 2.31. The van der Waals surface area contributed by atoms with Gasteiger partial charge in [-0.1, -0.05) is 39.0 Å². The van der Waals surface area contributed by atoms with Crippen molar-refractivity contribution in [2.75, 3.05) is 6.61 Å². The Balaban J connectivity index is 1.79. The van der Waals surface area contributed by atoms with Gasteiger partial charge in [0.25, 0.3) is 5.56 Å². The molecule has 0 amide bonds. The van der Waals surface area contributed by atoms with Crippen molar-refractivity contribution in [3.05, 3.63) is 63.7 Å². The summed E-state index contributed by atoms with van der Waals surface area (Å²) < 4.78 is 9.19. The number of fused-ring (bicyclic) bond motifs is 1. The van der Waals surface area contributed by atoms with Crippen LogP contribution in [0, 0.1) is 13.8 Å². The number of hydrogen-bond acceptors (Lipinski definition) is 4. The predicted molar refractivity (Wildman–Crippen MR) is 106 cm³/mol. The molecule has 6 heteroatoms. The molecular weight excluding hydrogens is 342 g/mol. The maximum Gasteiger partial charge on any atom is 0.274 e. The van der Waals surface area contributed by atoms with Crippen molar-refractivity contribution in [2.24, 2.45) is 0 Å². The van der Waals surface area contributed by atoms with Crippen molar-refractivity contribution in [3.63, 3.8) is 0 Å². The van der Waals surface area contributed by atoms with Crippen LogP contribution < -0.4 is 10.3 Å². The van der Waals surface area contributed by atoms with Crippen LogP contribution in [0.2, 0.25) is 0 Å². The van der Waals surface area contributed by atoms with Gasteiger partial charge in [-0.25, -0.2) is 0 Å². The van der Waals surface area contributed by atoms with Crippen LogP contribution in [0.4, 0.5) is 0 Å². The molecule has 0 radical (unpaired) electrons. The second kappa shape index (κ2) is 7.19. The van der Waals surface area contributed by atoms with E-state index < -0.39 is 6.10 Å².